The maximum absolute atomic E-state index is 13.1. The Hall–Kier alpha value is -1.75. The lowest BCUT2D eigenvalue weighted by atomic mass is 9.98. The SMILES string of the molecule is CC(CC(=O)NCc1ccns1)Cc1cccc(F)c1. The van der Waals surface area contributed by atoms with Crippen molar-refractivity contribution in [3.63, 3.8) is 0 Å². The van der Waals surface area contributed by atoms with Gasteiger partial charge in [-0.05, 0) is 47.6 Å². The van der Waals surface area contributed by atoms with Crippen LogP contribution < -0.4 is 5.32 Å². The van der Waals surface area contributed by atoms with E-state index in [0.29, 0.717) is 19.4 Å². The Morgan fingerprint density at radius 2 is 2.30 bits per heavy atom. The molecule has 0 aliphatic rings. The molecule has 1 heterocycles. The molecule has 2 aromatic rings. The zero-order valence-corrected chi connectivity index (χ0v) is 12.1. The van der Waals surface area contributed by atoms with Gasteiger partial charge in [-0.3, -0.25) is 4.79 Å². The van der Waals surface area contributed by atoms with E-state index in [2.05, 4.69) is 9.69 Å². The van der Waals surface area contributed by atoms with Gasteiger partial charge in [0, 0.05) is 17.5 Å². The molecule has 0 saturated carbocycles. The smallest absolute Gasteiger partial charge is 0.220 e. The van der Waals surface area contributed by atoms with Gasteiger partial charge in [-0.1, -0.05) is 19.1 Å². The van der Waals surface area contributed by atoms with Crippen LogP contribution in [-0.2, 0) is 17.8 Å². The first-order chi connectivity index (χ1) is 9.63. The van der Waals surface area contributed by atoms with E-state index in [1.165, 1.54) is 23.7 Å². The van der Waals surface area contributed by atoms with Crippen LogP contribution in [-0.4, -0.2) is 10.3 Å². The monoisotopic (exact) mass is 292 g/mol. The molecule has 20 heavy (non-hydrogen) atoms. The van der Waals surface area contributed by atoms with Gasteiger partial charge in [-0.2, -0.15) is 0 Å². The quantitative estimate of drug-likeness (QED) is 0.888. The van der Waals surface area contributed by atoms with Crippen LogP contribution in [0.5, 0.6) is 0 Å². The number of carbonyl (C=O) groups excluding carboxylic acids is 1. The highest BCUT2D eigenvalue weighted by atomic mass is 32.1. The van der Waals surface area contributed by atoms with Gasteiger partial charge in [0.2, 0.25) is 5.91 Å². The fraction of sp³-hybridized carbons (Fsp3) is 0.333. The summed E-state index contributed by atoms with van der Waals surface area (Å²) in [6, 6.07) is 8.42. The molecule has 0 bridgehead atoms. The molecule has 0 aliphatic carbocycles. The largest absolute Gasteiger partial charge is 0.351 e. The number of carbonyl (C=O) groups is 1. The number of hydrogen-bond donors (Lipinski definition) is 1. The summed E-state index contributed by atoms with van der Waals surface area (Å²) in [6.07, 6.45) is 2.86. The van der Waals surface area contributed by atoms with Crippen molar-refractivity contribution in [3.8, 4) is 0 Å². The minimum atomic E-state index is -0.232. The molecule has 0 aliphatic heterocycles. The summed E-state index contributed by atoms with van der Waals surface area (Å²) in [5, 5.41) is 2.87. The minimum Gasteiger partial charge on any atom is -0.351 e. The number of rotatable bonds is 6. The Bertz CT molecular complexity index is 557. The van der Waals surface area contributed by atoms with Crippen molar-refractivity contribution in [1.29, 1.82) is 0 Å². The van der Waals surface area contributed by atoms with Gasteiger partial charge in [0.15, 0.2) is 0 Å². The van der Waals surface area contributed by atoms with Crippen LogP contribution in [0.15, 0.2) is 36.5 Å². The average molecular weight is 292 g/mol. The van der Waals surface area contributed by atoms with Crippen molar-refractivity contribution in [2.24, 2.45) is 5.92 Å². The highest BCUT2D eigenvalue weighted by Crippen LogP contribution is 2.13. The third kappa shape index (κ3) is 4.74. The summed E-state index contributed by atoms with van der Waals surface area (Å²) in [5.74, 6) is -0.0371. The first kappa shape index (κ1) is 14.7. The predicted octanol–water partition coefficient (Wildman–Crippen LogP) is 3.17. The van der Waals surface area contributed by atoms with Gasteiger partial charge >= 0.3 is 0 Å². The summed E-state index contributed by atoms with van der Waals surface area (Å²) in [4.78, 5) is 12.8. The van der Waals surface area contributed by atoms with Crippen molar-refractivity contribution in [2.75, 3.05) is 0 Å². The number of halogens is 1. The highest BCUT2D eigenvalue weighted by Gasteiger charge is 2.10. The fourth-order valence-corrected chi connectivity index (χ4v) is 2.56. The molecule has 0 radical (unpaired) electrons. The minimum absolute atomic E-state index is 0.0160. The van der Waals surface area contributed by atoms with E-state index in [0.717, 1.165) is 10.4 Å². The molecular weight excluding hydrogens is 275 g/mol. The van der Waals surface area contributed by atoms with Crippen molar-refractivity contribution in [3.05, 3.63) is 52.8 Å². The van der Waals surface area contributed by atoms with E-state index in [-0.39, 0.29) is 17.6 Å². The highest BCUT2D eigenvalue weighted by molar-refractivity contribution is 7.05. The Kier molecular flexibility index (Phi) is 5.24. The van der Waals surface area contributed by atoms with Gasteiger partial charge in [0.05, 0.1) is 6.54 Å². The van der Waals surface area contributed by atoms with E-state index in [4.69, 9.17) is 0 Å². The number of aromatic nitrogens is 1. The van der Waals surface area contributed by atoms with Crippen LogP contribution in [0.1, 0.15) is 23.8 Å². The third-order valence-corrected chi connectivity index (χ3v) is 3.70. The molecule has 1 aromatic heterocycles. The van der Waals surface area contributed by atoms with E-state index >= 15 is 0 Å². The van der Waals surface area contributed by atoms with E-state index in [1.807, 2.05) is 19.1 Å². The molecule has 1 amide bonds. The van der Waals surface area contributed by atoms with Crippen LogP contribution >= 0.6 is 11.5 Å². The maximum atomic E-state index is 13.1. The van der Waals surface area contributed by atoms with Crippen molar-refractivity contribution in [1.82, 2.24) is 9.69 Å². The molecule has 1 N–H and O–H groups in total. The molecule has 1 unspecified atom stereocenters. The number of hydrogen-bond acceptors (Lipinski definition) is 3. The van der Waals surface area contributed by atoms with Crippen LogP contribution in [0.3, 0.4) is 0 Å². The summed E-state index contributed by atoms with van der Waals surface area (Å²) in [5.41, 5.74) is 0.924. The molecule has 0 saturated heterocycles. The molecule has 0 spiro atoms. The Morgan fingerprint density at radius 1 is 1.45 bits per heavy atom. The zero-order chi connectivity index (χ0) is 14.4. The second-order valence-corrected chi connectivity index (χ2v) is 5.82. The van der Waals surface area contributed by atoms with Crippen LogP contribution in [0.2, 0.25) is 0 Å². The molecule has 106 valence electrons. The van der Waals surface area contributed by atoms with Crippen molar-refractivity contribution < 1.29 is 9.18 Å². The summed E-state index contributed by atoms with van der Waals surface area (Å²) in [7, 11) is 0. The molecule has 2 rings (SSSR count). The Labute approximate surface area is 122 Å². The average Bonchev–Trinajstić information content (AvgIpc) is 2.89. The van der Waals surface area contributed by atoms with Crippen LogP contribution in [0.25, 0.3) is 0 Å². The van der Waals surface area contributed by atoms with Gasteiger partial charge in [-0.25, -0.2) is 8.76 Å². The lowest BCUT2D eigenvalue weighted by molar-refractivity contribution is -0.122. The maximum Gasteiger partial charge on any atom is 0.220 e. The summed E-state index contributed by atoms with van der Waals surface area (Å²) >= 11 is 1.38. The molecule has 1 aromatic carbocycles. The van der Waals surface area contributed by atoms with Gasteiger partial charge in [0.1, 0.15) is 5.82 Å². The molecule has 5 heteroatoms. The summed E-state index contributed by atoms with van der Waals surface area (Å²) in [6.45, 7) is 2.52. The number of nitrogens with one attached hydrogen (secondary N) is 1. The molecule has 3 nitrogen and oxygen atoms in total. The standard InChI is InChI=1S/C15H17FN2OS/c1-11(7-12-3-2-4-13(16)9-12)8-15(19)17-10-14-5-6-18-20-14/h2-6,9,11H,7-8,10H2,1H3,(H,17,19). The lowest BCUT2D eigenvalue weighted by Gasteiger charge is -2.11. The van der Waals surface area contributed by atoms with Gasteiger partial charge in [-0.15, -0.1) is 0 Å². The number of nitrogens with zero attached hydrogens (tertiary/aromatic N) is 1. The lowest BCUT2D eigenvalue weighted by Crippen LogP contribution is -2.24. The first-order valence-corrected chi connectivity index (χ1v) is 7.31. The Morgan fingerprint density at radius 3 is 3.00 bits per heavy atom. The molecule has 0 fully saturated rings. The van der Waals surface area contributed by atoms with E-state index in [9.17, 15) is 9.18 Å². The van der Waals surface area contributed by atoms with Crippen LogP contribution in [0.4, 0.5) is 4.39 Å². The third-order valence-electron chi connectivity index (χ3n) is 2.96. The predicted molar refractivity (Wildman–Crippen MR) is 77.8 cm³/mol. The van der Waals surface area contributed by atoms with Crippen LogP contribution in [0, 0.1) is 11.7 Å². The molecule has 1 atom stereocenters. The zero-order valence-electron chi connectivity index (χ0n) is 11.3. The molecular formula is C15H17FN2OS. The second kappa shape index (κ2) is 7.14. The first-order valence-electron chi connectivity index (χ1n) is 6.54. The number of benzene rings is 1. The second-order valence-electron chi connectivity index (χ2n) is 4.90. The summed E-state index contributed by atoms with van der Waals surface area (Å²) < 4.78 is 17.1. The fourth-order valence-electron chi connectivity index (χ4n) is 2.05. The number of amides is 1. The van der Waals surface area contributed by atoms with Gasteiger partial charge < -0.3 is 5.32 Å². The van der Waals surface area contributed by atoms with Gasteiger partial charge in [0.25, 0.3) is 0 Å². The topological polar surface area (TPSA) is 42.0 Å². The van der Waals surface area contributed by atoms with E-state index < -0.39 is 0 Å². The van der Waals surface area contributed by atoms with E-state index in [1.54, 1.807) is 12.3 Å². The normalized spacial score (nSPS) is 12.1. The Balaban J connectivity index is 1.76. The van der Waals surface area contributed by atoms with Crippen molar-refractivity contribution in [2.45, 2.75) is 26.3 Å². The van der Waals surface area contributed by atoms with Crippen molar-refractivity contribution >= 4 is 17.4 Å².